The number of benzene rings is 2. The van der Waals surface area contributed by atoms with Gasteiger partial charge in [0.1, 0.15) is 4.90 Å². The number of fused-ring (bicyclic) bond motifs is 1. The van der Waals surface area contributed by atoms with Crippen LogP contribution in [0.3, 0.4) is 0 Å². The molecule has 162 valence electrons. The van der Waals surface area contributed by atoms with Crippen LogP contribution in [0.15, 0.2) is 65.7 Å². The Morgan fingerprint density at radius 2 is 1.81 bits per heavy atom. The van der Waals surface area contributed by atoms with Gasteiger partial charge in [0, 0.05) is 22.8 Å². The van der Waals surface area contributed by atoms with Gasteiger partial charge in [0.2, 0.25) is 0 Å². The minimum absolute atomic E-state index is 0.0933. The van der Waals surface area contributed by atoms with Gasteiger partial charge in [-0.2, -0.15) is 0 Å². The van der Waals surface area contributed by atoms with Crippen LogP contribution in [0.5, 0.6) is 0 Å². The smallest absolute Gasteiger partial charge is 0.264 e. The number of hydrogen-bond acceptors (Lipinski definition) is 5. The van der Waals surface area contributed by atoms with Gasteiger partial charge in [0.15, 0.2) is 0 Å². The minimum Gasteiger partial charge on any atom is -0.386 e. The third kappa shape index (κ3) is 4.40. The van der Waals surface area contributed by atoms with E-state index in [-0.39, 0.29) is 10.8 Å². The van der Waals surface area contributed by atoms with Crippen molar-refractivity contribution in [3.8, 4) is 0 Å². The fourth-order valence-electron chi connectivity index (χ4n) is 4.06. The maximum absolute atomic E-state index is 12.9. The van der Waals surface area contributed by atoms with Crippen molar-refractivity contribution >= 4 is 32.5 Å². The molecular weight excluding hydrogens is 414 g/mol. The van der Waals surface area contributed by atoms with E-state index in [4.69, 9.17) is 0 Å². The van der Waals surface area contributed by atoms with Gasteiger partial charge in [-0.1, -0.05) is 32.0 Å². The highest BCUT2D eigenvalue weighted by atomic mass is 32.2. The Kier molecular flexibility index (Phi) is 5.45. The van der Waals surface area contributed by atoms with Gasteiger partial charge < -0.3 is 10.0 Å². The minimum atomic E-state index is -3.85. The summed E-state index contributed by atoms with van der Waals surface area (Å²) in [6, 6.07) is 14.8. The number of pyridine rings is 1. The molecule has 1 amide bonds. The molecule has 0 bridgehead atoms. The number of nitrogens with one attached hydrogen (secondary N) is 1. The molecule has 4 rings (SSSR count). The summed E-state index contributed by atoms with van der Waals surface area (Å²) in [5.74, 6) is 0.174. The Hall–Kier alpha value is -2.97. The predicted molar refractivity (Wildman–Crippen MR) is 119 cm³/mol. The molecule has 1 aromatic heterocycles. The molecule has 2 heterocycles. The topological polar surface area (TPSA) is 99.6 Å². The number of nitrogens with zero attached hydrogens (tertiary/aromatic N) is 2. The Morgan fingerprint density at radius 3 is 2.48 bits per heavy atom. The highest BCUT2D eigenvalue weighted by Gasteiger charge is 2.43. The van der Waals surface area contributed by atoms with E-state index >= 15 is 0 Å². The summed E-state index contributed by atoms with van der Waals surface area (Å²) in [5.41, 5.74) is 0.382. The van der Waals surface area contributed by atoms with E-state index in [1.165, 1.54) is 6.07 Å². The van der Waals surface area contributed by atoms with Gasteiger partial charge >= 0.3 is 0 Å². The molecule has 1 fully saturated rings. The monoisotopic (exact) mass is 439 g/mol. The van der Waals surface area contributed by atoms with Gasteiger partial charge in [-0.05, 0) is 48.7 Å². The van der Waals surface area contributed by atoms with Gasteiger partial charge in [-0.15, -0.1) is 0 Å². The molecule has 8 heteroatoms. The molecule has 0 atom stereocenters. The maximum Gasteiger partial charge on any atom is 0.264 e. The highest BCUT2D eigenvalue weighted by molar-refractivity contribution is 7.93. The number of aromatic nitrogens is 1. The zero-order valence-corrected chi connectivity index (χ0v) is 18.3. The summed E-state index contributed by atoms with van der Waals surface area (Å²) in [7, 11) is -3.85. The highest BCUT2D eigenvalue weighted by Crippen LogP contribution is 2.29. The maximum atomic E-state index is 12.9. The lowest BCUT2D eigenvalue weighted by Crippen LogP contribution is -2.63. The fraction of sp³-hybridized carbons (Fsp3) is 0.304. The third-order valence-electron chi connectivity index (χ3n) is 5.32. The van der Waals surface area contributed by atoms with Crippen molar-refractivity contribution in [3.63, 3.8) is 0 Å². The van der Waals surface area contributed by atoms with Crippen LogP contribution >= 0.6 is 0 Å². The van der Waals surface area contributed by atoms with Crippen LogP contribution in [0.2, 0.25) is 0 Å². The van der Waals surface area contributed by atoms with Crippen LogP contribution in [-0.4, -0.2) is 48.0 Å². The predicted octanol–water partition coefficient (Wildman–Crippen LogP) is 3.27. The number of rotatable bonds is 6. The summed E-state index contributed by atoms with van der Waals surface area (Å²) in [6.07, 6.45) is 2.21. The average molecular weight is 440 g/mol. The molecule has 1 aliphatic heterocycles. The summed E-state index contributed by atoms with van der Waals surface area (Å²) in [4.78, 5) is 18.5. The van der Waals surface area contributed by atoms with E-state index in [1.54, 1.807) is 59.6 Å². The number of likely N-dealkylation sites (tertiary alicyclic amines) is 1. The number of sulfonamides is 1. The van der Waals surface area contributed by atoms with Gasteiger partial charge in [0.05, 0.1) is 24.2 Å². The number of aliphatic hydroxyl groups is 1. The second-order valence-corrected chi connectivity index (χ2v) is 10.1. The van der Waals surface area contributed by atoms with Crippen LogP contribution < -0.4 is 4.72 Å². The standard InChI is InChI=1S/C23H25N3O4S/c1-16(2)13-23(28)14-26(15-23)22(27)18-8-10-19(11-9-18)25-31(29,30)20-7-3-5-17-6-4-12-24-21(17)20/h3-12,16,25,28H,13-15H2,1-2H3. The molecule has 2 N–H and O–H groups in total. The van der Waals surface area contributed by atoms with E-state index in [0.29, 0.717) is 42.2 Å². The SMILES string of the molecule is CC(C)CC1(O)CN(C(=O)c2ccc(NS(=O)(=O)c3cccc4cccnc34)cc2)C1. The molecule has 0 radical (unpaired) electrons. The molecule has 1 aliphatic rings. The van der Waals surface area contributed by atoms with E-state index in [9.17, 15) is 18.3 Å². The van der Waals surface area contributed by atoms with Crippen LogP contribution in [-0.2, 0) is 10.0 Å². The number of carbonyl (C=O) groups excluding carboxylic acids is 1. The number of β-amino-alcohol motifs (C(OH)–C–C–N with tert-alkyl or cyclic N) is 1. The quantitative estimate of drug-likeness (QED) is 0.614. The number of amides is 1. The van der Waals surface area contributed by atoms with E-state index in [2.05, 4.69) is 9.71 Å². The number of hydrogen-bond donors (Lipinski definition) is 2. The van der Waals surface area contributed by atoms with E-state index in [1.807, 2.05) is 13.8 Å². The lowest BCUT2D eigenvalue weighted by molar-refractivity contribution is -0.0923. The van der Waals surface area contributed by atoms with E-state index < -0.39 is 15.6 Å². The van der Waals surface area contributed by atoms with Crippen molar-refractivity contribution in [2.24, 2.45) is 5.92 Å². The summed E-state index contributed by atoms with van der Waals surface area (Å²) in [6.45, 7) is 4.70. The normalized spacial score (nSPS) is 15.7. The average Bonchev–Trinajstić information content (AvgIpc) is 2.70. The molecule has 3 aromatic rings. The van der Waals surface area contributed by atoms with Crippen molar-refractivity contribution in [2.45, 2.75) is 30.8 Å². The largest absolute Gasteiger partial charge is 0.386 e. The summed E-state index contributed by atoms with van der Waals surface area (Å²) < 4.78 is 28.4. The summed E-state index contributed by atoms with van der Waals surface area (Å²) in [5, 5.41) is 11.2. The Labute approximate surface area is 181 Å². The summed E-state index contributed by atoms with van der Waals surface area (Å²) >= 11 is 0. The molecule has 0 spiro atoms. The van der Waals surface area contributed by atoms with Crippen molar-refractivity contribution < 1.29 is 18.3 Å². The van der Waals surface area contributed by atoms with Gasteiger partial charge in [0.25, 0.3) is 15.9 Å². The first kappa shape index (κ1) is 21.3. The molecule has 2 aromatic carbocycles. The van der Waals surface area contributed by atoms with Crippen molar-refractivity contribution in [1.82, 2.24) is 9.88 Å². The number of carbonyl (C=O) groups is 1. The number of para-hydroxylation sites is 1. The molecule has 7 nitrogen and oxygen atoms in total. The Balaban J connectivity index is 1.47. The number of anilines is 1. The van der Waals surface area contributed by atoms with Crippen LogP contribution in [0.25, 0.3) is 10.9 Å². The molecule has 0 aliphatic carbocycles. The zero-order valence-electron chi connectivity index (χ0n) is 17.4. The molecule has 1 saturated heterocycles. The zero-order chi connectivity index (χ0) is 22.2. The van der Waals surface area contributed by atoms with Crippen LogP contribution in [0.4, 0.5) is 5.69 Å². The second kappa shape index (κ2) is 7.94. The third-order valence-corrected chi connectivity index (χ3v) is 6.73. The first-order chi connectivity index (χ1) is 14.7. The van der Waals surface area contributed by atoms with E-state index in [0.717, 1.165) is 5.39 Å². The molecule has 0 saturated carbocycles. The van der Waals surface area contributed by atoms with Gasteiger partial charge in [-0.3, -0.25) is 14.5 Å². The van der Waals surface area contributed by atoms with Crippen molar-refractivity contribution in [2.75, 3.05) is 17.8 Å². The van der Waals surface area contributed by atoms with Crippen LogP contribution in [0.1, 0.15) is 30.6 Å². The lowest BCUT2D eigenvalue weighted by Gasteiger charge is -2.47. The first-order valence-corrected chi connectivity index (χ1v) is 11.6. The van der Waals surface area contributed by atoms with Crippen molar-refractivity contribution in [3.05, 3.63) is 66.4 Å². The fourth-order valence-corrected chi connectivity index (χ4v) is 5.30. The molecule has 0 unspecified atom stereocenters. The first-order valence-electron chi connectivity index (χ1n) is 10.2. The van der Waals surface area contributed by atoms with Crippen molar-refractivity contribution in [1.29, 1.82) is 0 Å². The van der Waals surface area contributed by atoms with Gasteiger partial charge in [-0.25, -0.2) is 8.42 Å². The molecular formula is C23H25N3O4S. The molecule has 31 heavy (non-hydrogen) atoms. The van der Waals surface area contributed by atoms with Crippen LogP contribution in [0, 0.1) is 5.92 Å². The lowest BCUT2D eigenvalue weighted by atomic mass is 9.85. The second-order valence-electron chi connectivity index (χ2n) is 8.50. The Morgan fingerprint density at radius 1 is 1.13 bits per heavy atom. The Bertz CT molecular complexity index is 1210.